The van der Waals surface area contributed by atoms with Crippen LogP contribution in [0.2, 0.25) is 0 Å². The molecule has 0 radical (unpaired) electrons. The number of morpholine rings is 1. The minimum absolute atomic E-state index is 0.0390. The van der Waals surface area contributed by atoms with E-state index in [4.69, 9.17) is 4.74 Å². The summed E-state index contributed by atoms with van der Waals surface area (Å²) in [6, 6.07) is 7.89. The molecule has 0 aromatic heterocycles. The van der Waals surface area contributed by atoms with Crippen molar-refractivity contribution in [2.45, 2.75) is 39.4 Å². The summed E-state index contributed by atoms with van der Waals surface area (Å²) in [5.41, 5.74) is 2.06. The standard InChI is InChI=1S/C15H22N2O2/c1-4-13-7-5-6-8-14(13)16-15(18)17-9-11(2)19-12(3)10-17/h5-8,11-12H,4,9-10H2,1-3H3,(H,16,18)/t11-,12+. The summed E-state index contributed by atoms with van der Waals surface area (Å²) in [7, 11) is 0. The van der Waals surface area contributed by atoms with E-state index in [1.807, 2.05) is 43.0 Å². The van der Waals surface area contributed by atoms with Crippen LogP contribution in [0.1, 0.15) is 26.3 Å². The number of hydrogen-bond donors (Lipinski definition) is 1. The minimum atomic E-state index is -0.0390. The topological polar surface area (TPSA) is 41.6 Å². The fourth-order valence-electron chi connectivity index (χ4n) is 2.49. The van der Waals surface area contributed by atoms with Gasteiger partial charge in [0.15, 0.2) is 0 Å². The maximum Gasteiger partial charge on any atom is 0.322 e. The second-order valence-corrected chi connectivity index (χ2v) is 5.10. The lowest BCUT2D eigenvalue weighted by molar-refractivity contribution is -0.0530. The molecule has 104 valence electrons. The molecule has 0 saturated carbocycles. The Hall–Kier alpha value is -1.55. The van der Waals surface area contributed by atoms with Gasteiger partial charge in [0.2, 0.25) is 0 Å². The molecule has 1 N–H and O–H groups in total. The average molecular weight is 262 g/mol. The molecule has 1 fully saturated rings. The summed E-state index contributed by atoms with van der Waals surface area (Å²) in [4.78, 5) is 14.1. The smallest absolute Gasteiger partial charge is 0.322 e. The van der Waals surface area contributed by atoms with E-state index in [0.717, 1.165) is 17.7 Å². The molecule has 0 bridgehead atoms. The predicted molar refractivity (Wildman–Crippen MR) is 76.4 cm³/mol. The van der Waals surface area contributed by atoms with E-state index in [0.29, 0.717) is 13.1 Å². The van der Waals surface area contributed by atoms with Crippen molar-refractivity contribution in [2.75, 3.05) is 18.4 Å². The van der Waals surface area contributed by atoms with E-state index < -0.39 is 0 Å². The van der Waals surface area contributed by atoms with Crippen LogP contribution in [0.4, 0.5) is 10.5 Å². The lowest BCUT2D eigenvalue weighted by Crippen LogP contribution is -2.49. The number of rotatable bonds is 2. The fourth-order valence-corrected chi connectivity index (χ4v) is 2.49. The number of nitrogens with zero attached hydrogens (tertiary/aromatic N) is 1. The average Bonchev–Trinajstić information content (AvgIpc) is 2.38. The Bertz CT molecular complexity index is 438. The summed E-state index contributed by atoms with van der Waals surface area (Å²) < 4.78 is 5.64. The normalized spacial score (nSPS) is 23.2. The molecule has 1 aliphatic heterocycles. The number of benzene rings is 1. The molecule has 0 aliphatic carbocycles. The van der Waals surface area contributed by atoms with Crippen LogP contribution < -0.4 is 5.32 Å². The maximum atomic E-state index is 12.3. The second-order valence-electron chi connectivity index (χ2n) is 5.10. The summed E-state index contributed by atoms with van der Waals surface area (Å²) in [5, 5.41) is 3.00. The van der Waals surface area contributed by atoms with Gasteiger partial charge < -0.3 is 15.0 Å². The van der Waals surface area contributed by atoms with E-state index >= 15 is 0 Å². The molecule has 1 aromatic carbocycles. The van der Waals surface area contributed by atoms with Gasteiger partial charge in [-0.25, -0.2) is 4.79 Å². The maximum absolute atomic E-state index is 12.3. The molecule has 2 atom stereocenters. The Morgan fingerprint density at radius 1 is 1.32 bits per heavy atom. The second kappa shape index (κ2) is 6.06. The first-order valence-electron chi connectivity index (χ1n) is 6.89. The van der Waals surface area contributed by atoms with Crippen molar-refractivity contribution in [3.8, 4) is 0 Å². The lowest BCUT2D eigenvalue weighted by atomic mass is 10.1. The highest BCUT2D eigenvalue weighted by Gasteiger charge is 2.26. The first-order valence-corrected chi connectivity index (χ1v) is 6.89. The largest absolute Gasteiger partial charge is 0.372 e. The molecule has 0 unspecified atom stereocenters. The predicted octanol–water partition coefficient (Wildman–Crippen LogP) is 2.89. The third kappa shape index (κ3) is 3.47. The Balaban J connectivity index is 2.04. The number of urea groups is 1. The van der Waals surface area contributed by atoms with E-state index in [1.54, 1.807) is 0 Å². The van der Waals surface area contributed by atoms with E-state index in [9.17, 15) is 4.79 Å². The van der Waals surface area contributed by atoms with Gasteiger partial charge >= 0.3 is 6.03 Å². The lowest BCUT2D eigenvalue weighted by Gasteiger charge is -2.35. The molecule has 1 aromatic rings. The Morgan fingerprint density at radius 2 is 1.95 bits per heavy atom. The third-order valence-electron chi connectivity index (χ3n) is 3.35. The van der Waals surface area contributed by atoms with E-state index in [-0.39, 0.29) is 18.2 Å². The number of anilines is 1. The first-order chi connectivity index (χ1) is 9.10. The molecule has 1 aliphatic rings. The van der Waals surface area contributed by atoms with Crippen LogP contribution in [0, 0.1) is 0 Å². The zero-order valence-corrected chi connectivity index (χ0v) is 11.8. The first kappa shape index (κ1) is 13.9. The van der Waals surface area contributed by atoms with Gasteiger partial charge in [-0.1, -0.05) is 25.1 Å². The van der Waals surface area contributed by atoms with Crippen LogP contribution in [0.3, 0.4) is 0 Å². The van der Waals surface area contributed by atoms with Gasteiger partial charge in [0.25, 0.3) is 0 Å². The summed E-state index contributed by atoms with van der Waals surface area (Å²) in [5.74, 6) is 0. The van der Waals surface area contributed by atoms with Gasteiger partial charge in [-0.15, -0.1) is 0 Å². The number of para-hydroxylation sites is 1. The number of amides is 2. The summed E-state index contributed by atoms with van der Waals surface area (Å²) in [6.45, 7) is 7.37. The van der Waals surface area contributed by atoms with Gasteiger partial charge in [0.1, 0.15) is 0 Å². The van der Waals surface area contributed by atoms with Gasteiger partial charge in [-0.2, -0.15) is 0 Å². The Morgan fingerprint density at radius 3 is 2.58 bits per heavy atom. The number of aryl methyl sites for hydroxylation is 1. The van der Waals surface area contributed by atoms with Gasteiger partial charge in [-0.3, -0.25) is 0 Å². The summed E-state index contributed by atoms with van der Waals surface area (Å²) >= 11 is 0. The highest BCUT2D eigenvalue weighted by atomic mass is 16.5. The highest BCUT2D eigenvalue weighted by molar-refractivity contribution is 5.90. The minimum Gasteiger partial charge on any atom is -0.372 e. The van der Waals surface area contributed by atoms with Crippen molar-refractivity contribution in [1.29, 1.82) is 0 Å². The number of hydrogen-bond acceptors (Lipinski definition) is 2. The van der Waals surface area contributed by atoms with Crippen molar-refractivity contribution in [1.82, 2.24) is 4.90 Å². The van der Waals surface area contributed by atoms with E-state index in [2.05, 4.69) is 12.2 Å². The van der Waals surface area contributed by atoms with Crippen molar-refractivity contribution in [2.24, 2.45) is 0 Å². The molecule has 19 heavy (non-hydrogen) atoms. The van der Waals surface area contributed by atoms with Gasteiger partial charge in [0, 0.05) is 18.8 Å². The molecule has 1 saturated heterocycles. The molecular weight excluding hydrogens is 240 g/mol. The highest BCUT2D eigenvalue weighted by Crippen LogP contribution is 2.17. The number of nitrogens with one attached hydrogen (secondary N) is 1. The van der Waals surface area contributed by atoms with Crippen molar-refractivity contribution in [3.63, 3.8) is 0 Å². The number of carbonyl (C=O) groups is 1. The molecule has 4 heteroatoms. The zero-order chi connectivity index (χ0) is 13.8. The van der Waals surface area contributed by atoms with Crippen molar-refractivity contribution in [3.05, 3.63) is 29.8 Å². The van der Waals surface area contributed by atoms with Gasteiger partial charge in [-0.05, 0) is 31.9 Å². The van der Waals surface area contributed by atoms with Crippen molar-refractivity contribution >= 4 is 11.7 Å². The van der Waals surface area contributed by atoms with Crippen LogP contribution in [-0.4, -0.2) is 36.2 Å². The van der Waals surface area contributed by atoms with Gasteiger partial charge in [0.05, 0.1) is 12.2 Å². The Kier molecular flexibility index (Phi) is 4.43. The SMILES string of the molecule is CCc1ccccc1NC(=O)N1C[C@@H](C)O[C@@H](C)C1. The van der Waals surface area contributed by atoms with Crippen LogP contribution in [0.15, 0.2) is 24.3 Å². The third-order valence-corrected chi connectivity index (χ3v) is 3.35. The monoisotopic (exact) mass is 262 g/mol. The zero-order valence-electron chi connectivity index (χ0n) is 11.8. The molecule has 1 heterocycles. The quantitative estimate of drug-likeness (QED) is 0.890. The molecular formula is C15H22N2O2. The van der Waals surface area contributed by atoms with E-state index in [1.165, 1.54) is 0 Å². The molecule has 2 amide bonds. The van der Waals surface area contributed by atoms with Crippen LogP contribution in [0.25, 0.3) is 0 Å². The number of ether oxygens (including phenoxy) is 1. The molecule has 2 rings (SSSR count). The molecule has 0 spiro atoms. The van der Waals surface area contributed by atoms with Crippen molar-refractivity contribution < 1.29 is 9.53 Å². The number of carbonyl (C=O) groups excluding carboxylic acids is 1. The van der Waals surface area contributed by atoms with Crippen LogP contribution in [-0.2, 0) is 11.2 Å². The van der Waals surface area contributed by atoms with Crippen LogP contribution >= 0.6 is 0 Å². The fraction of sp³-hybridized carbons (Fsp3) is 0.533. The Labute approximate surface area is 114 Å². The van der Waals surface area contributed by atoms with Crippen LogP contribution in [0.5, 0.6) is 0 Å². The summed E-state index contributed by atoms with van der Waals surface area (Å²) in [6.07, 6.45) is 1.10. The molecule has 4 nitrogen and oxygen atoms in total.